The molecule has 0 bridgehead atoms. The van der Waals surface area contributed by atoms with Crippen LogP contribution in [0.2, 0.25) is 0 Å². The molecule has 10 heteroatoms. The monoisotopic (exact) mass is 412 g/mol. The number of hydrogen-bond acceptors (Lipinski definition) is 7. The molecule has 2 N–H and O–H groups in total. The van der Waals surface area contributed by atoms with Crippen LogP contribution in [0.25, 0.3) is 0 Å². The van der Waals surface area contributed by atoms with Crippen molar-refractivity contribution in [3.05, 3.63) is 36.0 Å². The molecular formula is C20H24N6O4. The Morgan fingerprint density at radius 3 is 2.67 bits per heavy atom. The van der Waals surface area contributed by atoms with E-state index in [0.29, 0.717) is 31.5 Å². The zero-order valence-corrected chi connectivity index (χ0v) is 17.1. The van der Waals surface area contributed by atoms with Gasteiger partial charge in [-0.3, -0.25) is 14.6 Å². The van der Waals surface area contributed by atoms with Crippen LogP contribution in [-0.2, 0) is 16.1 Å². The molecule has 30 heavy (non-hydrogen) atoms. The topological polar surface area (TPSA) is 109 Å². The second-order valence-electron chi connectivity index (χ2n) is 7.26. The summed E-state index contributed by atoms with van der Waals surface area (Å²) in [5.41, 5.74) is 1.60. The summed E-state index contributed by atoms with van der Waals surface area (Å²) in [4.78, 5) is 36.4. The number of amides is 3. The van der Waals surface area contributed by atoms with Crippen LogP contribution in [-0.4, -0.2) is 61.4 Å². The van der Waals surface area contributed by atoms with Crippen molar-refractivity contribution in [3.8, 4) is 5.75 Å². The average molecular weight is 412 g/mol. The first kappa shape index (κ1) is 19.9. The highest BCUT2D eigenvalue weighted by molar-refractivity contribution is 6.05. The number of methoxy groups -OCH3 is 1. The molecule has 1 aromatic carbocycles. The molecule has 1 aromatic heterocycles. The van der Waals surface area contributed by atoms with Gasteiger partial charge in [0.1, 0.15) is 11.6 Å². The smallest absolute Gasteiger partial charge is 0.330 e. The number of benzene rings is 1. The van der Waals surface area contributed by atoms with Crippen molar-refractivity contribution in [1.29, 1.82) is 0 Å². The summed E-state index contributed by atoms with van der Waals surface area (Å²) in [5.74, 6) is 1.55. The summed E-state index contributed by atoms with van der Waals surface area (Å²) in [5, 5.41) is 6.07. The molecular weight excluding hydrogens is 388 g/mol. The van der Waals surface area contributed by atoms with Crippen molar-refractivity contribution in [2.75, 3.05) is 42.5 Å². The van der Waals surface area contributed by atoms with Gasteiger partial charge >= 0.3 is 6.03 Å². The van der Waals surface area contributed by atoms with E-state index in [9.17, 15) is 9.59 Å². The molecule has 0 radical (unpaired) electrons. The number of aromatic nitrogens is 2. The van der Waals surface area contributed by atoms with Crippen molar-refractivity contribution in [1.82, 2.24) is 15.3 Å². The standard InChI is InChI=1S/C20H24N6O4/c1-12(27)22-16-10-30-11-17(16)23-19-21-8-13-9-26(20(28)25(2)18(13)24-19)14-4-6-15(29-3)7-5-14/h4-8,16-17H,9-11H2,1-3H3,(H,22,27)(H,21,23,24). The maximum atomic E-state index is 12.9. The number of ether oxygens (including phenoxy) is 2. The SMILES string of the molecule is COc1ccc(N2Cc3cnc(NC4COCC4NC(C)=O)nc3N(C)C2=O)cc1. The molecule has 1 saturated heterocycles. The van der Waals surface area contributed by atoms with Gasteiger partial charge < -0.3 is 20.1 Å². The van der Waals surface area contributed by atoms with Crippen molar-refractivity contribution in [2.24, 2.45) is 0 Å². The Morgan fingerprint density at radius 1 is 1.23 bits per heavy atom. The molecule has 2 aliphatic rings. The fourth-order valence-electron chi connectivity index (χ4n) is 3.61. The first-order chi connectivity index (χ1) is 14.5. The molecule has 0 aliphatic carbocycles. The van der Waals surface area contributed by atoms with Crippen LogP contribution in [0.4, 0.5) is 22.2 Å². The summed E-state index contributed by atoms with van der Waals surface area (Å²) in [6.45, 7) is 2.70. The number of anilines is 3. The molecule has 158 valence electrons. The number of nitrogens with one attached hydrogen (secondary N) is 2. The number of rotatable bonds is 5. The average Bonchev–Trinajstić information content (AvgIpc) is 3.17. The third-order valence-electron chi connectivity index (χ3n) is 5.17. The van der Waals surface area contributed by atoms with Crippen molar-refractivity contribution < 1.29 is 19.1 Å². The molecule has 0 saturated carbocycles. The van der Waals surface area contributed by atoms with Gasteiger partial charge in [-0.05, 0) is 24.3 Å². The third kappa shape index (κ3) is 3.86. The first-order valence-corrected chi connectivity index (χ1v) is 9.63. The minimum atomic E-state index is -0.183. The molecule has 4 rings (SSSR count). The van der Waals surface area contributed by atoms with Crippen molar-refractivity contribution in [3.63, 3.8) is 0 Å². The van der Waals surface area contributed by atoms with E-state index in [-0.39, 0.29) is 24.0 Å². The summed E-state index contributed by atoms with van der Waals surface area (Å²) in [6, 6.07) is 6.83. The Morgan fingerprint density at radius 2 is 1.97 bits per heavy atom. The predicted molar refractivity (Wildman–Crippen MR) is 111 cm³/mol. The van der Waals surface area contributed by atoms with Crippen LogP contribution in [0.5, 0.6) is 5.75 Å². The van der Waals surface area contributed by atoms with Gasteiger partial charge in [0.25, 0.3) is 0 Å². The highest BCUT2D eigenvalue weighted by Crippen LogP contribution is 2.30. The Bertz CT molecular complexity index is 951. The number of fused-ring (bicyclic) bond motifs is 1. The van der Waals surface area contributed by atoms with Gasteiger partial charge in [-0.2, -0.15) is 4.98 Å². The van der Waals surface area contributed by atoms with Crippen LogP contribution in [0.3, 0.4) is 0 Å². The maximum Gasteiger partial charge on any atom is 0.330 e. The Kier molecular flexibility index (Phi) is 5.40. The predicted octanol–water partition coefficient (Wildman–Crippen LogP) is 1.38. The van der Waals surface area contributed by atoms with E-state index in [4.69, 9.17) is 9.47 Å². The van der Waals surface area contributed by atoms with E-state index >= 15 is 0 Å². The largest absolute Gasteiger partial charge is 0.497 e. The lowest BCUT2D eigenvalue weighted by Gasteiger charge is -2.34. The lowest BCUT2D eigenvalue weighted by molar-refractivity contribution is -0.119. The fraction of sp³-hybridized carbons (Fsp3) is 0.400. The Balaban J connectivity index is 1.53. The van der Waals surface area contributed by atoms with Gasteiger partial charge in [0, 0.05) is 31.4 Å². The van der Waals surface area contributed by atoms with E-state index in [1.807, 2.05) is 24.3 Å². The van der Waals surface area contributed by atoms with Gasteiger partial charge in [0.2, 0.25) is 11.9 Å². The Labute approximate surface area is 174 Å². The molecule has 3 heterocycles. The number of carbonyl (C=O) groups excluding carboxylic acids is 2. The summed E-state index contributed by atoms with van der Waals surface area (Å²) in [7, 11) is 3.29. The molecule has 2 unspecified atom stereocenters. The number of carbonyl (C=O) groups is 2. The van der Waals surface area contributed by atoms with Gasteiger partial charge in [0.15, 0.2) is 0 Å². The number of nitrogens with zero attached hydrogens (tertiary/aromatic N) is 4. The second-order valence-corrected chi connectivity index (χ2v) is 7.26. The van der Waals surface area contributed by atoms with E-state index in [1.165, 1.54) is 11.8 Å². The normalized spacial score (nSPS) is 20.7. The summed E-state index contributed by atoms with van der Waals surface area (Å²) >= 11 is 0. The lowest BCUT2D eigenvalue weighted by atomic mass is 10.1. The van der Waals surface area contributed by atoms with Crippen LogP contribution in [0.1, 0.15) is 12.5 Å². The number of hydrogen-bond donors (Lipinski definition) is 2. The number of urea groups is 1. The quantitative estimate of drug-likeness (QED) is 0.764. The highest BCUT2D eigenvalue weighted by atomic mass is 16.5. The van der Waals surface area contributed by atoms with E-state index in [1.54, 1.807) is 25.3 Å². The second kappa shape index (κ2) is 8.15. The van der Waals surface area contributed by atoms with Crippen molar-refractivity contribution in [2.45, 2.75) is 25.6 Å². The van der Waals surface area contributed by atoms with E-state index in [0.717, 1.165) is 17.0 Å². The van der Waals surface area contributed by atoms with Crippen LogP contribution in [0, 0.1) is 0 Å². The molecule has 10 nitrogen and oxygen atoms in total. The molecule has 2 atom stereocenters. The summed E-state index contributed by atoms with van der Waals surface area (Å²) in [6.07, 6.45) is 1.72. The molecule has 0 spiro atoms. The third-order valence-corrected chi connectivity index (χ3v) is 5.17. The van der Waals surface area contributed by atoms with Crippen molar-refractivity contribution >= 4 is 29.4 Å². The zero-order valence-electron chi connectivity index (χ0n) is 17.1. The fourth-order valence-corrected chi connectivity index (χ4v) is 3.61. The first-order valence-electron chi connectivity index (χ1n) is 9.63. The van der Waals surface area contributed by atoms with E-state index in [2.05, 4.69) is 20.6 Å². The van der Waals surface area contributed by atoms with Gasteiger partial charge in [-0.25, -0.2) is 9.78 Å². The van der Waals surface area contributed by atoms with Crippen LogP contribution in [0.15, 0.2) is 30.5 Å². The summed E-state index contributed by atoms with van der Waals surface area (Å²) < 4.78 is 10.6. The van der Waals surface area contributed by atoms with Crippen LogP contribution >= 0.6 is 0 Å². The highest BCUT2D eigenvalue weighted by Gasteiger charge is 2.32. The minimum Gasteiger partial charge on any atom is -0.497 e. The zero-order chi connectivity index (χ0) is 21.3. The lowest BCUT2D eigenvalue weighted by Crippen LogP contribution is -2.47. The van der Waals surface area contributed by atoms with Gasteiger partial charge in [0.05, 0.1) is 39.0 Å². The maximum absolute atomic E-state index is 12.9. The van der Waals surface area contributed by atoms with E-state index < -0.39 is 0 Å². The molecule has 2 aromatic rings. The molecule has 1 fully saturated rings. The van der Waals surface area contributed by atoms with Crippen LogP contribution < -0.4 is 25.2 Å². The minimum absolute atomic E-state index is 0.118. The molecule has 3 amide bonds. The van der Waals surface area contributed by atoms with Gasteiger partial charge in [-0.1, -0.05) is 0 Å². The molecule has 2 aliphatic heterocycles. The van der Waals surface area contributed by atoms with Gasteiger partial charge in [-0.15, -0.1) is 0 Å². The Hall–Kier alpha value is -3.40.